The van der Waals surface area contributed by atoms with Crippen molar-refractivity contribution in [2.45, 2.75) is 38.6 Å². The van der Waals surface area contributed by atoms with E-state index in [0.29, 0.717) is 11.6 Å². The molecule has 0 fully saturated rings. The summed E-state index contributed by atoms with van der Waals surface area (Å²) in [6.07, 6.45) is 1.70. The third-order valence-corrected chi connectivity index (χ3v) is 5.71. The number of tetrazole rings is 1. The van der Waals surface area contributed by atoms with E-state index in [9.17, 15) is 0 Å². The van der Waals surface area contributed by atoms with Crippen molar-refractivity contribution in [1.82, 2.24) is 25.2 Å². The minimum atomic E-state index is 0.625. The molecule has 0 amide bonds. The average Bonchev–Trinajstić information content (AvgIpc) is 3.31. The Morgan fingerprint density at radius 1 is 1.04 bits per heavy atom. The summed E-state index contributed by atoms with van der Waals surface area (Å²) in [5.41, 5.74) is 7.61. The molecule has 4 rings (SSSR count). The minimum Gasteiger partial charge on any atom is -0.444 e. The molecule has 142 valence electrons. The number of aromatic nitrogens is 5. The third kappa shape index (κ3) is 3.57. The number of aryl methyl sites for hydroxylation is 3. The number of hydrogen-bond donors (Lipinski definition) is 0. The van der Waals surface area contributed by atoms with Crippen LogP contribution in [-0.2, 0) is 5.75 Å². The van der Waals surface area contributed by atoms with E-state index in [1.807, 2.05) is 12.1 Å². The Morgan fingerprint density at radius 3 is 2.71 bits per heavy atom. The lowest BCUT2D eigenvalue weighted by molar-refractivity contribution is 0.573. The molecule has 0 N–H and O–H groups in total. The van der Waals surface area contributed by atoms with Crippen molar-refractivity contribution >= 4 is 11.8 Å². The first-order valence-electron chi connectivity index (χ1n) is 9.02. The standard InChI is InChI=1S/C21H21N5OS/c1-13-8-9-18(15(3)10-13)20-22-17(11-27-20)12-28-21-23-24-25-26(21)19-7-5-6-14(2)16(19)4/h5-11H,12H2,1-4H3. The van der Waals surface area contributed by atoms with Gasteiger partial charge in [-0.25, -0.2) is 4.98 Å². The Kier molecular flexibility index (Phi) is 5.00. The van der Waals surface area contributed by atoms with E-state index in [-0.39, 0.29) is 0 Å². The summed E-state index contributed by atoms with van der Waals surface area (Å²) in [6.45, 7) is 8.31. The van der Waals surface area contributed by atoms with Gasteiger partial charge < -0.3 is 4.42 Å². The molecule has 28 heavy (non-hydrogen) atoms. The number of rotatable bonds is 5. The molecule has 0 aliphatic heterocycles. The highest BCUT2D eigenvalue weighted by molar-refractivity contribution is 7.98. The molecule has 2 aromatic heterocycles. The largest absolute Gasteiger partial charge is 0.444 e. The highest BCUT2D eigenvalue weighted by atomic mass is 32.2. The molecule has 0 saturated carbocycles. The Balaban J connectivity index is 1.53. The smallest absolute Gasteiger partial charge is 0.226 e. The van der Waals surface area contributed by atoms with Crippen LogP contribution in [-0.4, -0.2) is 25.2 Å². The van der Waals surface area contributed by atoms with Crippen LogP contribution in [0.15, 0.2) is 52.2 Å². The molecule has 0 unspecified atom stereocenters. The molecule has 2 heterocycles. The Morgan fingerprint density at radius 2 is 1.89 bits per heavy atom. The highest BCUT2D eigenvalue weighted by Crippen LogP contribution is 2.27. The maximum absolute atomic E-state index is 5.71. The second kappa shape index (κ2) is 7.59. The maximum Gasteiger partial charge on any atom is 0.226 e. The zero-order valence-electron chi connectivity index (χ0n) is 16.3. The predicted octanol–water partition coefficient (Wildman–Crippen LogP) is 4.84. The van der Waals surface area contributed by atoms with Gasteiger partial charge >= 0.3 is 0 Å². The van der Waals surface area contributed by atoms with E-state index in [4.69, 9.17) is 4.42 Å². The minimum absolute atomic E-state index is 0.625. The first kappa shape index (κ1) is 18.4. The van der Waals surface area contributed by atoms with Gasteiger partial charge in [0, 0.05) is 11.3 Å². The van der Waals surface area contributed by atoms with Crippen molar-refractivity contribution < 1.29 is 4.42 Å². The topological polar surface area (TPSA) is 69.6 Å². The lowest BCUT2D eigenvalue weighted by atomic mass is 10.1. The first-order valence-corrected chi connectivity index (χ1v) is 10.0. The highest BCUT2D eigenvalue weighted by Gasteiger charge is 2.14. The molecule has 0 aliphatic carbocycles. The third-order valence-electron chi connectivity index (χ3n) is 4.76. The van der Waals surface area contributed by atoms with E-state index in [1.54, 1.807) is 10.9 Å². The number of benzene rings is 2. The van der Waals surface area contributed by atoms with Crippen LogP contribution in [0.1, 0.15) is 27.9 Å². The van der Waals surface area contributed by atoms with Gasteiger partial charge in [0.1, 0.15) is 6.26 Å². The van der Waals surface area contributed by atoms with Crippen molar-refractivity contribution in [3.63, 3.8) is 0 Å². The van der Waals surface area contributed by atoms with E-state index < -0.39 is 0 Å². The van der Waals surface area contributed by atoms with Gasteiger partial charge in [0.15, 0.2) is 0 Å². The number of oxazole rings is 1. The summed E-state index contributed by atoms with van der Waals surface area (Å²) in [7, 11) is 0. The van der Waals surface area contributed by atoms with Crippen LogP contribution in [0.5, 0.6) is 0 Å². The van der Waals surface area contributed by atoms with Crippen LogP contribution < -0.4 is 0 Å². The van der Waals surface area contributed by atoms with Crippen molar-refractivity contribution in [3.05, 3.63) is 70.6 Å². The summed E-state index contributed by atoms with van der Waals surface area (Å²) in [5.74, 6) is 1.27. The molecular formula is C21H21N5OS. The molecule has 7 heteroatoms. The average molecular weight is 392 g/mol. The second-order valence-electron chi connectivity index (χ2n) is 6.84. The molecule has 0 bridgehead atoms. The molecule has 6 nitrogen and oxygen atoms in total. The second-order valence-corrected chi connectivity index (χ2v) is 7.79. The van der Waals surface area contributed by atoms with Gasteiger partial charge in [-0.05, 0) is 66.9 Å². The van der Waals surface area contributed by atoms with E-state index in [2.05, 4.69) is 72.5 Å². The summed E-state index contributed by atoms with van der Waals surface area (Å²) >= 11 is 1.54. The van der Waals surface area contributed by atoms with Crippen molar-refractivity contribution in [1.29, 1.82) is 0 Å². The van der Waals surface area contributed by atoms with Crippen LogP contribution in [0.2, 0.25) is 0 Å². The number of thioether (sulfide) groups is 1. The monoisotopic (exact) mass is 391 g/mol. The van der Waals surface area contributed by atoms with Crippen molar-refractivity contribution in [3.8, 4) is 17.1 Å². The van der Waals surface area contributed by atoms with Crippen LogP contribution >= 0.6 is 11.8 Å². The van der Waals surface area contributed by atoms with Crippen molar-refractivity contribution in [2.24, 2.45) is 0 Å². The van der Waals surface area contributed by atoms with Gasteiger partial charge in [0.05, 0.1) is 11.4 Å². The molecule has 0 radical (unpaired) electrons. The fourth-order valence-electron chi connectivity index (χ4n) is 3.07. The van der Waals surface area contributed by atoms with Gasteiger partial charge in [0.25, 0.3) is 0 Å². The lowest BCUT2D eigenvalue weighted by Gasteiger charge is -2.09. The summed E-state index contributed by atoms with van der Waals surface area (Å²) in [5, 5.41) is 12.9. The van der Waals surface area contributed by atoms with Gasteiger partial charge in [-0.3, -0.25) is 0 Å². The molecule has 2 aromatic carbocycles. The van der Waals surface area contributed by atoms with E-state index >= 15 is 0 Å². The molecule has 0 aliphatic rings. The Bertz CT molecular complexity index is 1130. The molecule has 0 atom stereocenters. The molecule has 0 spiro atoms. The van der Waals surface area contributed by atoms with Gasteiger partial charge in [0.2, 0.25) is 11.0 Å². The number of nitrogens with zero attached hydrogens (tertiary/aromatic N) is 5. The lowest BCUT2D eigenvalue weighted by Crippen LogP contribution is -2.02. The summed E-state index contributed by atoms with van der Waals surface area (Å²) in [6, 6.07) is 12.4. The SMILES string of the molecule is Cc1ccc(-c2nc(CSc3nnnn3-c3cccc(C)c3C)co2)c(C)c1. The van der Waals surface area contributed by atoms with Gasteiger partial charge in [-0.15, -0.1) is 5.10 Å². The molecular weight excluding hydrogens is 370 g/mol. The fraction of sp³-hybridized carbons (Fsp3) is 0.238. The maximum atomic E-state index is 5.71. The first-order chi connectivity index (χ1) is 13.5. The van der Waals surface area contributed by atoms with Gasteiger partial charge in [-0.2, -0.15) is 4.68 Å². The zero-order chi connectivity index (χ0) is 19.7. The quantitative estimate of drug-likeness (QED) is 0.453. The van der Waals surface area contributed by atoms with Crippen LogP contribution in [0, 0.1) is 27.7 Å². The Labute approximate surface area is 168 Å². The fourth-order valence-corrected chi connectivity index (χ4v) is 3.84. The normalized spacial score (nSPS) is 11.1. The number of hydrogen-bond acceptors (Lipinski definition) is 6. The zero-order valence-corrected chi connectivity index (χ0v) is 17.1. The Hall–Kier alpha value is -2.93. The molecule has 0 saturated heterocycles. The van der Waals surface area contributed by atoms with E-state index in [1.165, 1.54) is 22.9 Å². The summed E-state index contributed by atoms with van der Waals surface area (Å²) in [4.78, 5) is 4.64. The van der Waals surface area contributed by atoms with Crippen LogP contribution in [0.3, 0.4) is 0 Å². The van der Waals surface area contributed by atoms with E-state index in [0.717, 1.165) is 33.2 Å². The van der Waals surface area contributed by atoms with Gasteiger partial charge in [-0.1, -0.05) is 41.6 Å². The van der Waals surface area contributed by atoms with Crippen LogP contribution in [0.4, 0.5) is 0 Å². The predicted molar refractivity (Wildman–Crippen MR) is 110 cm³/mol. The molecule has 4 aromatic rings. The van der Waals surface area contributed by atoms with Crippen LogP contribution in [0.25, 0.3) is 17.1 Å². The summed E-state index contributed by atoms with van der Waals surface area (Å²) < 4.78 is 7.48. The van der Waals surface area contributed by atoms with Crippen molar-refractivity contribution in [2.75, 3.05) is 0 Å².